The molecule has 0 spiro atoms. The van der Waals surface area contributed by atoms with Crippen LogP contribution in [-0.4, -0.2) is 22.6 Å². The molecule has 2 heterocycles. The van der Waals surface area contributed by atoms with Crippen LogP contribution in [0.15, 0.2) is 48.8 Å². The third-order valence-electron chi connectivity index (χ3n) is 4.32. The van der Waals surface area contributed by atoms with Crippen LogP contribution < -0.4 is 10.5 Å². The van der Waals surface area contributed by atoms with Crippen LogP contribution in [0.3, 0.4) is 0 Å². The van der Waals surface area contributed by atoms with Crippen LogP contribution in [0.4, 0.5) is 0 Å². The average Bonchev–Trinajstić information content (AvgIpc) is 2.58. The van der Waals surface area contributed by atoms with Gasteiger partial charge in [0.2, 0.25) is 0 Å². The summed E-state index contributed by atoms with van der Waals surface area (Å²) < 4.78 is 5.92. The number of hydrogen-bond acceptors (Lipinski definition) is 4. The number of aryl methyl sites for hydroxylation is 1. The lowest BCUT2D eigenvalue weighted by molar-refractivity contribution is 0.239. The van der Waals surface area contributed by atoms with Gasteiger partial charge in [0, 0.05) is 23.2 Å². The van der Waals surface area contributed by atoms with E-state index in [-0.39, 0.29) is 11.5 Å². The summed E-state index contributed by atoms with van der Waals surface area (Å²) in [4.78, 5) is 9.04. The third-order valence-corrected chi connectivity index (χ3v) is 4.32. The molecule has 0 fully saturated rings. The number of rotatable bonds is 5. The Morgan fingerprint density at radius 2 is 1.88 bits per heavy atom. The topological polar surface area (TPSA) is 61.0 Å². The lowest BCUT2D eigenvalue weighted by Crippen LogP contribution is -2.32. The maximum atomic E-state index is 6.19. The number of ether oxygens (including phenoxy) is 1. The van der Waals surface area contributed by atoms with Gasteiger partial charge in [-0.15, -0.1) is 0 Å². The predicted octanol–water partition coefficient (Wildman–Crippen LogP) is 4.75. The molecule has 0 radical (unpaired) electrons. The molecule has 136 valence electrons. The van der Waals surface area contributed by atoms with Crippen molar-refractivity contribution < 1.29 is 4.74 Å². The van der Waals surface area contributed by atoms with Gasteiger partial charge in [-0.3, -0.25) is 9.97 Å². The summed E-state index contributed by atoms with van der Waals surface area (Å²) in [6, 6.07) is 12.2. The highest BCUT2D eigenvalue weighted by molar-refractivity contribution is 5.93. The first-order valence-corrected chi connectivity index (χ1v) is 9.03. The summed E-state index contributed by atoms with van der Waals surface area (Å²) in [6.07, 6.45) is 4.54. The van der Waals surface area contributed by atoms with E-state index in [9.17, 15) is 0 Å². The summed E-state index contributed by atoms with van der Waals surface area (Å²) in [7, 11) is 0. The first-order chi connectivity index (χ1) is 12.3. The number of fused-ring (bicyclic) bond motifs is 1. The molecule has 0 aliphatic heterocycles. The van der Waals surface area contributed by atoms with Crippen molar-refractivity contribution in [3.05, 3.63) is 54.4 Å². The van der Waals surface area contributed by atoms with Crippen molar-refractivity contribution in [1.82, 2.24) is 9.97 Å². The molecular weight excluding hydrogens is 322 g/mol. The lowest BCUT2D eigenvalue weighted by Gasteiger charge is -2.23. The molecule has 0 aliphatic carbocycles. The highest BCUT2D eigenvalue weighted by Crippen LogP contribution is 2.29. The molecule has 1 aromatic carbocycles. The fourth-order valence-corrected chi connectivity index (χ4v) is 3.20. The van der Waals surface area contributed by atoms with Gasteiger partial charge >= 0.3 is 0 Å². The van der Waals surface area contributed by atoms with E-state index in [2.05, 4.69) is 42.9 Å². The molecule has 3 aromatic rings. The second kappa shape index (κ2) is 7.42. The van der Waals surface area contributed by atoms with Crippen molar-refractivity contribution in [3.8, 4) is 17.0 Å². The first-order valence-electron chi connectivity index (χ1n) is 9.03. The first kappa shape index (κ1) is 18.3. The highest BCUT2D eigenvalue weighted by atomic mass is 16.5. The van der Waals surface area contributed by atoms with Crippen molar-refractivity contribution >= 4 is 10.9 Å². The van der Waals surface area contributed by atoms with Gasteiger partial charge in [0.15, 0.2) is 0 Å². The number of nitrogens with zero attached hydrogens (tertiary/aromatic N) is 2. The molecule has 1 unspecified atom stereocenters. The van der Waals surface area contributed by atoms with E-state index in [4.69, 9.17) is 10.5 Å². The van der Waals surface area contributed by atoms with Gasteiger partial charge in [-0.25, -0.2) is 0 Å². The molecule has 1 atom stereocenters. The molecule has 3 rings (SSSR count). The van der Waals surface area contributed by atoms with Crippen molar-refractivity contribution in [2.75, 3.05) is 6.61 Å². The van der Waals surface area contributed by atoms with Crippen molar-refractivity contribution in [2.24, 2.45) is 11.1 Å². The van der Waals surface area contributed by atoms with Crippen molar-refractivity contribution in [1.29, 1.82) is 0 Å². The zero-order chi connectivity index (χ0) is 18.7. The van der Waals surface area contributed by atoms with Crippen LogP contribution in [0.2, 0.25) is 0 Å². The molecular formula is C22H27N3O. The summed E-state index contributed by atoms with van der Waals surface area (Å²) in [5, 5.41) is 1.10. The van der Waals surface area contributed by atoms with Crippen molar-refractivity contribution in [2.45, 2.75) is 40.2 Å². The Morgan fingerprint density at radius 3 is 2.62 bits per heavy atom. The van der Waals surface area contributed by atoms with Gasteiger partial charge < -0.3 is 10.5 Å². The monoisotopic (exact) mass is 349 g/mol. The molecule has 4 heteroatoms. The maximum absolute atomic E-state index is 6.19. The zero-order valence-electron chi connectivity index (χ0n) is 16.0. The van der Waals surface area contributed by atoms with Gasteiger partial charge in [-0.2, -0.15) is 0 Å². The number of hydrogen-bond donors (Lipinski definition) is 1. The van der Waals surface area contributed by atoms with Crippen molar-refractivity contribution in [3.63, 3.8) is 0 Å². The smallest absolute Gasteiger partial charge is 0.140 e. The SMILES string of the molecule is Cc1cc(-c2ccnc3ccccc23)ncc1OCC(N)CC(C)(C)C. The number of para-hydroxylation sites is 1. The minimum Gasteiger partial charge on any atom is -0.490 e. The van der Waals surface area contributed by atoms with Gasteiger partial charge in [0.1, 0.15) is 12.4 Å². The minimum atomic E-state index is 0.0122. The Bertz CT molecular complexity index is 894. The van der Waals surface area contributed by atoms with Gasteiger partial charge in [-0.05, 0) is 42.5 Å². The Kier molecular flexibility index (Phi) is 5.23. The standard InChI is InChI=1S/C22H27N3O/c1-15-11-20(18-9-10-24-19-8-6-5-7-17(18)19)25-13-21(15)26-14-16(23)12-22(2,3)4/h5-11,13,16H,12,14,23H2,1-4H3. The predicted molar refractivity (Wildman–Crippen MR) is 107 cm³/mol. The van der Waals surface area contributed by atoms with Crippen LogP contribution in [-0.2, 0) is 0 Å². The second-order valence-electron chi connectivity index (χ2n) is 8.05. The molecule has 4 nitrogen and oxygen atoms in total. The maximum Gasteiger partial charge on any atom is 0.140 e. The molecule has 26 heavy (non-hydrogen) atoms. The van der Waals surface area contributed by atoms with Gasteiger partial charge in [0.05, 0.1) is 17.4 Å². The number of aromatic nitrogens is 2. The largest absolute Gasteiger partial charge is 0.490 e. The highest BCUT2D eigenvalue weighted by Gasteiger charge is 2.16. The van der Waals surface area contributed by atoms with E-state index in [1.165, 1.54) is 0 Å². The summed E-state index contributed by atoms with van der Waals surface area (Å²) >= 11 is 0. The number of pyridine rings is 2. The van der Waals surface area contributed by atoms with E-state index in [0.717, 1.165) is 39.9 Å². The van der Waals surface area contributed by atoms with Gasteiger partial charge in [-0.1, -0.05) is 39.0 Å². The second-order valence-corrected chi connectivity index (χ2v) is 8.05. The van der Waals surface area contributed by atoms with E-state index in [0.29, 0.717) is 6.61 Å². The quantitative estimate of drug-likeness (QED) is 0.722. The average molecular weight is 349 g/mol. The summed E-state index contributed by atoms with van der Waals surface area (Å²) in [6.45, 7) is 9.10. The summed E-state index contributed by atoms with van der Waals surface area (Å²) in [5.41, 5.74) is 10.4. The molecule has 0 saturated carbocycles. The Labute approximate surface area is 155 Å². The van der Waals surface area contributed by atoms with Crippen LogP contribution in [0.25, 0.3) is 22.2 Å². The van der Waals surface area contributed by atoms with E-state index < -0.39 is 0 Å². The van der Waals surface area contributed by atoms with Crippen LogP contribution in [0, 0.1) is 12.3 Å². The molecule has 2 N–H and O–H groups in total. The fraction of sp³-hybridized carbons (Fsp3) is 0.364. The Morgan fingerprint density at radius 1 is 1.12 bits per heavy atom. The van der Waals surface area contributed by atoms with Crippen LogP contribution in [0.1, 0.15) is 32.8 Å². The Balaban J connectivity index is 1.79. The number of nitrogens with two attached hydrogens (primary N) is 1. The third kappa shape index (κ3) is 4.38. The Hall–Kier alpha value is -2.46. The van der Waals surface area contributed by atoms with Gasteiger partial charge in [0.25, 0.3) is 0 Å². The molecule has 0 saturated heterocycles. The molecule has 0 amide bonds. The zero-order valence-corrected chi connectivity index (χ0v) is 16.0. The van der Waals surface area contributed by atoms with E-state index >= 15 is 0 Å². The molecule has 0 aliphatic rings. The number of benzene rings is 1. The van der Waals surface area contributed by atoms with Crippen LogP contribution >= 0.6 is 0 Å². The molecule has 0 bridgehead atoms. The van der Waals surface area contributed by atoms with E-state index in [1.54, 1.807) is 6.20 Å². The lowest BCUT2D eigenvalue weighted by atomic mass is 9.89. The summed E-state index contributed by atoms with van der Waals surface area (Å²) in [5.74, 6) is 0.788. The normalized spacial score (nSPS) is 13.0. The molecule has 2 aromatic heterocycles. The fourth-order valence-electron chi connectivity index (χ4n) is 3.20. The van der Waals surface area contributed by atoms with E-state index in [1.807, 2.05) is 37.4 Å². The van der Waals surface area contributed by atoms with Crippen LogP contribution in [0.5, 0.6) is 5.75 Å². The minimum absolute atomic E-state index is 0.0122.